The maximum atomic E-state index is 12.9. The van der Waals surface area contributed by atoms with Gasteiger partial charge in [-0.05, 0) is 24.3 Å². The fourth-order valence-corrected chi connectivity index (χ4v) is 2.10. The van der Waals surface area contributed by atoms with Crippen molar-refractivity contribution in [2.75, 3.05) is 19.0 Å². The van der Waals surface area contributed by atoms with Gasteiger partial charge in [0, 0.05) is 12.6 Å². The van der Waals surface area contributed by atoms with Crippen LogP contribution in [0.1, 0.15) is 15.9 Å². The topological polar surface area (TPSA) is 61.4 Å². The van der Waals surface area contributed by atoms with Gasteiger partial charge >= 0.3 is 6.18 Å². The Morgan fingerprint density at radius 1 is 1.00 bits per heavy atom. The molecule has 0 aromatic heterocycles. The quantitative estimate of drug-likeness (QED) is 0.815. The van der Waals surface area contributed by atoms with E-state index >= 15 is 0 Å². The monoisotopic (exact) mass is 351 g/mol. The van der Waals surface area contributed by atoms with Crippen molar-refractivity contribution in [1.29, 1.82) is 0 Å². The van der Waals surface area contributed by atoms with Gasteiger partial charge in [0.15, 0.2) is 0 Å². The SMILES string of the molecule is CN(CC(=O)NNc1ccccc1C(F)(F)F)C(=O)c1ccccc1. The predicted molar refractivity (Wildman–Crippen MR) is 86.6 cm³/mol. The van der Waals surface area contributed by atoms with E-state index in [4.69, 9.17) is 0 Å². The van der Waals surface area contributed by atoms with Crippen LogP contribution in [0.5, 0.6) is 0 Å². The number of hydrazine groups is 1. The summed E-state index contributed by atoms with van der Waals surface area (Å²) in [5.74, 6) is -1.02. The highest BCUT2D eigenvalue weighted by Gasteiger charge is 2.33. The molecule has 2 aromatic carbocycles. The lowest BCUT2D eigenvalue weighted by molar-refractivity contribution is -0.137. The van der Waals surface area contributed by atoms with E-state index in [-0.39, 0.29) is 18.1 Å². The zero-order chi connectivity index (χ0) is 18.4. The van der Waals surface area contributed by atoms with E-state index in [1.165, 1.54) is 30.1 Å². The van der Waals surface area contributed by atoms with Crippen molar-refractivity contribution in [1.82, 2.24) is 10.3 Å². The molecule has 0 fully saturated rings. The van der Waals surface area contributed by atoms with Crippen molar-refractivity contribution in [3.8, 4) is 0 Å². The maximum Gasteiger partial charge on any atom is 0.418 e. The number of hydrogen-bond acceptors (Lipinski definition) is 3. The van der Waals surface area contributed by atoms with Crippen LogP contribution in [-0.2, 0) is 11.0 Å². The Kier molecular flexibility index (Phi) is 5.63. The number of anilines is 1. The Morgan fingerprint density at radius 3 is 2.24 bits per heavy atom. The van der Waals surface area contributed by atoms with Crippen LogP contribution in [0.4, 0.5) is 18.9 Å². The first-order chi connectivity index (χ1) is 11.8. The van der Waals surface area contributed by atoms with Crippen LogP contribution in [0, 0.1) is 0 Å². The molecule has 0 heterocycles. The fraction of sp³-hybridized carbons (Fsp3) is 0.176. The summed E-state index contributed by atoms with van der Waals surface area (Å²) in [4.78, 5) is 25.2. The minimum absolute atomic E-state index is 0.277. The van der Waals surface area contributed by atoms with Gasteiger partial charge in [-0.3, -0.25) is 20.4 Å². The summed E-state index contributed by atoms with van der Waals surface area (Å²) in [6.45, 7) is -0.311. The molecule has 2 N–H and O–H groups in total. The molecule has 0 radical (unpaired) electrons. The highest BCUT2D eigenvalue weighted by atomic mass is 19.4. The van der Waals surface area contributed by atoms with Crippen molar-refractivity contribution in [2.45, 2.75) is 6.18 Å². The highest BCUT2D eigenvalue weighted by Crippen LogP contribution is 2.34. The van der Waals surface area contributed by atoms with Gasteiger partial charge in [-0.15, -0.1) is 0 Å². The van der Waals surface area contributed by atoms with Crippen LogP contribution in [0.2, 0.25) is 0 Å². The third kappa shape index (κ3) is 4.97. The summed E-state index contributed by atoms with van der Waals surface area (Å²) in [6.07, 6.45) is -4.55. The lowest BCUT2D eigenvalue weighted by Gasteiger charge is -2.18. The van der Waals surface area contributed by atoms with E-state index in [0.29, 0.717) is 5.56 Å². The second-order valence-electron chi connectivity index (χ2n) is 5.24. The van der Waals surface area contributed by atoms with Gasteiger partial charge in [-0.25, -0.2) is 0 Å². The number of carbonyl (C=O) groups excluding carboxylic acids is 2. The lowest BCUT2D eigenvalue weighted by atomic mass is 10.2. The summed E-state index contributed by atoms with van der Waals surface area (Å²) >= 11 is 0. The average molecular weight is 351 g/mol. The fourth-order valence-electron chi connectivity index (χ4n) is 2.10. The average Bonchev–Trinajstić information content (AvgIpc) is 2.59. The second-order valence-corrected chi connectivity index (χ2v) is 5.24. The smallest absolute Gasteiger partial charge is 0.332 e. The summed E-state index contributed by atoms with van der Waals surface area (Å²) < 4.78 is 38.6. The van der Waals surface area contributed by atoms with Crippen molar-refractivity contribution < 1.29 is 22.8 Å². The molecule has 8 heteroatoms. The zero-order valence-electron chi connectivity index (χ0n) is 13.3. The van der Waals surface area contributed by atoms with Crippen LogP contribution >= 0.6 is 0 Å². The molecule has 0 saturated carbocycles. The van der Waals surface area contributed by atoms with Crippen molar-refractivity contribution in [3.05, 3.63) is 65.7 Å². The van der Waals surface area contributed by atoms with E-state index in [1.807, 2.05) is 0 Å². The minimum Gasteiger partial charge on any atom is -0.332 e. The van der Waals surface area contributed by atoms with Crippen LogP contribution in [0.25, 0.3) is 0 Å². The predicted octanol–water partition coefficient (Wildman–Crippen LogP) is 2.92. The van der Waals surface area contributed by atoms with Gasteiger partial charge in [-0.2, -0.15) is 13.2 Å². The van der Waals surface area contributed by atoms with Gasteiger partial charge in [0.05, 0.1) is 11.3 Å². The normalized spacial score (nSPS) is 10.9. The van der Waals surface area contributed by atoms with E-state index in [1.54, 1.807) is 30.3 Å². The van der Waals surface area contributed by atoms with Gasteiger partial charge in [0.2, 0.25) is 0 Å². The number of likely N-dealkylation sites (N-methyl/N-ethyl adjacent to an activating group) is 1. The number of rotatable bonds is 5. The Morgan fingerprint density at radius 2 is 1.60 bits per heavy atom. The van der Waals surface area contributed by atoms with Gasteiger partial charge in [0.25, 0.3) is 11.8 Å². The molecule has 5 nitrogen and oxygen atoms in total. The van der Waals surface area contributed by atoms with Crippen molar-refractivity contribution >= 4 is 17.5 Å². The summed E-state index contributed by atoms with van der Waals surface area (Å²) in [5.41, 5.74) is 3.65. The molecule has 0 bridgehead atoms. The van der Waals surface area contributed by atoms with E-state index in [0.717, 1.165) is 6.07 Å². The third-order valence-corrected chi connectivity index (χ3v) is 3.32. The summed E-state index contributed by atoms with van der Waals surface area (Å²) in [7, 11) is 1.43. The number of hydrogen-bond donors (Lipinski definition) is 2. The van der Waals surface area contributed by atoms with Crippen molar-refractivity contribution in [3.63, 3.8) is 0 Å². The summed E-state index contributed by atoms with van der Waals surface area (Å²) in [6, 6.07) is 13.1. The molecule has 25 heavy (non-hydrogen) atoms. The molecule has 0 aliphatic heterocycles. The third-order valence-electron chi connectivity index (χ3n) is 3.32. The van der Waals surface area contributed by atoms with E-state index in [2.05, 4.69) is 10.9 Å². The van der Waals surface area contributed by atoms with Gasteiger partial charge in [0.1, 0.15) is 6.54 Å². The number of nitrogens with zero attached hydrogens (tertiary/aromatic N) is 1. The number of amides is 2. The van der Waals surface area contributed by atoms with Crippen molar-refractivity contribution in [2.24, 2.45) is 0 Å². The zero-order valence-corrected chi connectivity index (χ0v) is 13.3. The van der Waals surface area contributed by atoms with Gasteiger partial charge in [-0.1, -0.05) is 30.3 Å². The molecule has 0 aliphatic rings. The largest absolute Gasteiger partial charge is 0.418 e. The number of nitrogens with one attached hydrogen (secondary N) is 2. The molecule has 0 atom stereocenters. The molecule has 132 valence electrons. The van der Waals surface area contributed by atoms with Crippen LogP contribution in [0.15, 0.2) is 54.6 Å². The molecule has 0 aliphatic carbocycles. The number of carbonyl (C=O) groups is 2. The van der Waals surface area contributed by atoms with Crippen LogP contribution < -0.4 is 10.9 Å². The first-order valence-electron chi connectivity index (χ1n) is 7.30. The Bertz CT molecular complexity index is 748. The maximum absolute atomic E-state index is 12.9. The number of para-hydroxylation sites is 1. The molecular weight excluding hydrogens is 335 g/mol. The molecule has 2 aromatic rings. The lowest BCUT2D eigenvalue weighted by Crippen LogP contribution is -2.40. The van der Waals surface area contributed by atoms with Gasteiger partial charge < -0.3 is 4.90 Å². The molecule has 2 amide bonds. The molecule has 0 saturated heterocycles. The highest BCUT2D eigenvalue weighted by molar-refractivity contribution is 5.96. The standard InChI is InChI=1S/C17H16F3N3O2/c1-23(16(25)12-7-3-2-4-8-12)11-15(24)22-21-14-10-6-5-9-13(14)17(18,19)20/h2-10,21H,11H2,1H3,(H,22,24). The Balaban J connectivity index is 1.94. The first kappa shape index (κ1) is 18.3. The summed E-state index contributed by atoms with van der Waals surface area (Å²) in [5, 5.41) is 0. The molecule has 2 rings (SSSR count). The number of alkyl halides is 3. The Labute approximate surface area is 142 Å². The number of halogens is 3. The van der Waals surface area contributed by atoms with E-state index < -0.39 is 17.6 Å². The second kappa shape index (κ2) is 7.69. The van der Waals surface area contributed by atoms with Crippen LogP contribution in [0.3, 0.4) is 0 Å². The minimum atomic E-state index is -4.55. The molecule has 0 unspecified atom stereocenters. The number of benzene rings is 2. The molecular formula is C17H16F3N3O2. The van der Waals surface area contributed by atoms with Crippen LogP contribution in [-0.4, -0.2) is 30.3 Å². The van der Waals surface area contributed by atoms with E-state index in [9.17, 15) is 22.8 Å². The first-order valence-corrected chi connectivity index (χ1v) is 7.30. The Hall–Kier alpha value is -3.03. The molecule has 0 spiro atoms.